The smallest absolute Gasteiger partial charge is 0.423 e. The van der Waals surface area contributed by atoms with Crippen molar-refractivity contribution in [3.63, 3.8) is 0 Å². The molecule has 0 unspecified atom stereocenters. The molecule has 0 heterocycles. The Kier molecular flexibility index (Phi) is 3.33. The molecule has 0 aliphatic heterocycles. The molecular weight excluding hydrogens is 184 g/mol. The third kappa shape index (κ3) is 2.68. The molecule has 0 aliphatic carbocycles. The Morgan fingerprint density at radius 2 is 2.07 bits per heavy atom. The molecule has 70 valence electrons. The van der Waals surface area contributed by atoms with Gasteiger partial charge < -0.3 is 4.74 Å². The first-order chi connectivity index (χ1) is 6.74. The molecule has 1 rings (SSSR count). The van der Waals surface area contributed by atoms with E-state index in [1.807, 2.05) is 6.07 Å². The highest BCUT2D eigenvalue weighted by molar-refractivity contribution is 5.58. The number of carbonyl (C=O) groups excluding carboxylic acids is 1. The van der Waals surface area contributed by atoms with Gasteiger partial charge in [-0.2, -0.15) is 4.79 Å². The molecule has 0 aromatic heterocycles. The summed E-state index contributed by atoms with van der Waals surface area (Å²) in [4.78, 5) is 21.1. The van der Waals surface area contributed by atoms with Crippen molar-refractivity contribution in [2.45, 2.75) is 6.61 Å². The van der Waals surface area contributed by atoms with Gasteiger partial charge in [0.05, 0.1) is 0 Å². The van der Waals surface area contributed by atoms with Gasteiger partial charge in [-0.05, 0) is 10.5 Å². The Morgan fingerprint density at radius 1 is 1.43 bits per heavy atom. The van der Waals surface area contributed by atoms with Crippen LogP contribution >= 0.6 is 0 Å². The van der Waals surface area contributed by atoms with E-state index in [9.17, 15) is 9.70 Å². The van der Waals surface area contributed by atoms with E-state index in [0.29, 0.717) is 0 Å². The van der Waals surface area contributed by atoms with Gasteiger partial charge in [0.1, 0.15) is 11.4 Å². The molecule has 1 aromatic carbocycles. The molecule has 0 N–H and O–H groups in total. The van der Waals surface area contributed by atoms with Gasteiger partial charge in [0.25, 0.3) is 0 Å². The number of ether oxygens (including phenoxy) is 1. The highest BCUT2D eigenvalue weighted by Gasteiger charge is 2.19. The van der Waals surface area contributed by atoms with Crippen molar-refractivity contribution in [3.8, 4) is 6.19 Å². The van der Waals surface area contributed by atoms with E-state index in [2.05, 4.69) is 4.74 Å². The molecule has 0 atom stereocenters. The maximum atomic E-state index is 10.7. The minimum atomic E-state index is -1.20. The van der Waals surface area contributed by atoms with Crippen LogP contribution in [0.25, 0.3) is 0 Å². The van der Waals surface area contributed by atoms with Crippen LogP contribution in [0.15, 0.2) is 30.3 Å². The number of carbonyl (C=O) groups is 1. The van der Waals surface area contributed by atoms with Gasteiger partial charge in [0, 0.05) is 0 Å². The van der Waals surface area contributed by atoms with E-state index in [0.717, 1.165) is 11.8 Å². The minimum absolute atomic E-state index is 0.0138. The second kappa shape index (κ2) is 4.72. The van der Waals surface area contributed by atoms with Crippen molar-refractivity contribution in [2.75, 3.05) is 0 Å². The summed E-state index contributed by atoms with van der Waals surface area (Å²) in [6.45, 7) is -0.0138. The first kappa shape index (κ1) is 9.86. The van der Waals surface area contributed by atoms with E-state index in [1.165, 1.54) is 0 Å². The topological polar surface area (TPSA) is 70.2 Å². The Balaban J connectivity index is 2.47. The van der Waals surface area contributed by atoms with Crippen LogP contribution in [-0.2, 0) is 11.3 Å². The van der Waals surface area contributed by atoms with Crippen molar-refractivity contribution in [3.05, 3.63) is 40.8 Å². The monoisotopic (exact) mass is 191 g/mol. The molecule has 1 aromatic rings. The lowest BCUT2D eigenvalue weighted by Gasteiger charge is -1.98. The largest absolute Gasteiger partial charge is 0.561 e. The first-order valence-corrected chi connectivity index (χ1v) is 3.81. The second-order valence-corrected chi connectivity index (χ2v) is 2.43. The Labute approximate surface area is 80.1 Å². The van der Waals surface area contributed by atoms with Crippen LogP contribution in [0.2, 0.25) is 0 Å². The number of nitriles is 1. The fourth-order valence-electron chi connectivity index (χ4n) is 0.819. The maximum Gasteiger partial charge on any atom is 0.561 e. The third-order valence-corrected chi connectivity index (χ3v) is 1.46. The molecule has 14 heavy (non-hydrogen) atoms. The van der Waals surface area contributed by atoms with Gasteiger partial charge >= 0.3 is 12.3 Å². The number of nitrogens with zero attached hydrogens (tertiary/aromatic N) is 2. The van der Waals surface area contributed by atoms with Crippen molar-refractivity contribution in [1.82, 2.24) is 0 Å². The lowest BCUT2D eigenvalue weighted by atomic mass is 10.2. The van der Waals surface area contributed by atoms with E-state index < -0.39 is 10.9 Å². The van der Waals surface area contributed by atoms with Crippen molar-refractivity contribution in [2.24, 2.45) is 0 Å². The first-order valence-electron chi connectivity index (χ1n) is 3.81. The van der Waals surface area contributed by atoms with E-state index in [-0.39, 0.29) is 6.61 Å². The van der Waals surface area contributed by atoms with Crippen molar-refractivity contribution >= 4 is 6.09 Å². The van der Waals surface area contributed by atoms with E-state index in [1.54, 1.807) is 24.3 Å². The SMILES string of the molecule is N#C[N+](=O)C(=O)OCc1ccccc1. The van der Waals surface area contributed by atoms with Gasteiger partial charge in [-0.15, -0.1) is 0 Å². The Bertz CT molecular complexity index is 381. The molecule has 0 bridgehead atoms. The molecule has 0 saturated heterocycles. The molecular formula is C9H7N2O3+. The van der Waals surface area contributed by atoms with Gasteiger partial charge in [0.2, 0.25) is 0 Å². The van der Waals surface area contributed by atoms with Crippen LogP contribution in [0.5, 0.6) is 0 Å². The second-order valence-electron chi connectivity index (χ2n) is 2.43. The Morgan fingerprint density at radius 3 is 2.64 bits per heavy atom. The van der Waals surface area contributed by atoms with Crippen LogP contribution in [0.1, 0.15) is 5.56 Å². The van der Waals surface area contributed by atoms with Crippen LogP contribution in [0.4, 0.5) is 4.79 Å². The molecule has 5 heteroatoms. The fraction of sp³-hybridized carbons (Fsp3) is 0.111. The molecule has 1 amide bonds. The lowest BCUT2D eigenvalue weighted by Crippen LogP contribution is -2.14. The molecule has 0 aliphatic rings. The molecule has 0 saturated carbocycles. The summed E-state index contributed by atoms with van der Waals surface area (Å²) < 4.78 is 4.12. The number of hydrogen-bond donors (Lipinski definition) is 0. The normalized spacial score (nSPS) is 8.79. The van der Waals surface area contributed by atoms with Crippen LogP contribution in [0, 0.1) is 16.4 Å². The van der Waals surface area contributed by atoms with Crippen LogP contribution in [-0.4, -0.2) is 10.9 Å². The summed E-state index contributed by atoms with van der Waals surface area (Å²) in [5, 5.41) is 8.06. The molecule has 0 radical (unpaired) electrons. The summed E-state index contributed by atoms with van der Waals surface area (Å²) in [6.07, 6.45) is -0.0936. The van der Waals surface area contributed by atoms with Gasteiger partial charge in [-0.3, -0.25) is 0 Å². The predicted molar refractivity (Wildman–Crippen MR) is 45.9 cm³/mol. The quantitative estimate of drug-likeness (QED) is 0.404. The molecule has 0 fully saturated rings. The summed E-state index contributed by atoms with van der Waals surface area (Å²) in [7, 11) is 0. The zero-order valence-electron chi connectivity index (χ0n) is 7.21. The summed E-state index contributed by atoms with van der Waals surface area (Å²) in [5.41, 5.74) is 0.757. The highest BCUT2D eigenvalue weighted by Crippen LogP contribution is 2.00. The van der Waals surface area contributed by atoms with Gasteiger partial charge in [-0.25, -0.2) is 0 Å². The number of benzene rings is 1. The zero-order chi connectivity index (χ0) is 10.4. The van der Waals surface area contributed by atoms with E-state index >= 15 is 0 Å². The fourth-order valence-corrected chi connectivity index (χ4v) is 0.819. The summed E-state index contributed by atoms with van der Waals surface area (Å²) in [6, 6.07) is 8.87. The van der Waals surface area contributed by atoms with Crippen LogP contribution in [0.3, 0.4) is 0 Å². The van der Waals surface area contributed by atoms with Crippen molar-refractivity contribution in [1.29, 1.82) is 5.26 Å². The van der Waals surface area contributed by atoms with Gasteiger partial charge in [0.15, 0.2) is 5.26 Å². The average Bonchev–Trinajstić information content (AvgIpc) is 2.26. The third-order valence-electron chi connectivity index (χ3n) is 1.46. The zero-order valence-corrected chi connectivity index (χ0v) is 7.21. The summed E-state index contributed by atoms with van der Waals surface area (Å²) >= 11 is 0. The minimum Gasteiger partial charge on any atom is -0.423 e. The highest BCUT2D eigenvalue weighted by atomic mass is 16.6. The predicted octanol–water partition coefficient (Wildman–Crippen LogP) is 1.58. The number of hydrogen-bond acceptors (Lipinski definition) is 4. The maximum absolute atomic E-state index is 10.7. The average molecular weight is 191 g/mol. The molecule has 0 spiro atoms. The van der Waals surface area contributed by atoms with E-state index in [4.69, 9.17) is 5.26 Å². The van der Waals surface area contributed by atoms with Crippen LogP contribution < -0.4 is 0 Å². The standard InChI is InChI=1S/C9H7N2O3/c10-7-11(13)9(12)14-6-8-4-2-1-3-5-8/h1-5H,6H2/q+1. The van der Waals surface area contributed by atoms with Crippen molar-refractivity contribution < 1.29 is 14.3 Å². The number of nitroso groups, excluding NO2 is 1. The van der Waals surface area contributed by atoms with Gasteiger partial charge in [-0.1, -0.05) is 30.3 Å². The summed E-state index contributed by atoms with van der Waals surface area (Å²) in [5.74, 6) is 0. The number of rotatable bonds is 2. The Hall–Kier alpha value is -2.22. The number of amides is 1. The lowest BCUT2D eigenvalue weighted by molar-refractivity contribution is -0.378. The molecule has 5 nitrogen and oxygen atoms in total.